The summed E-state index contributed by atoms with van der Waals surface area (Å²) < 4.78 is 92.7. The number of halogens is 5. The number of hydrogen-bond donors (Lipinski definition) is 0. The Morgan fingerprint density at radius 1 is 0.883 bits per heavy atom. The zero-order valence-corrected chi connectivity index (χ0v) is 37.5. The third-order valence-corrected chi connectivity index (χ3v) is 11.6. The second-order valence-corrected chi connectivity index (χ2v) is 19.7. The van der Waals surface area contributed by atoms with Gasteiger partial charge < -0.3 is 28.6 Å². The lowest BCUT2D eigenvalue weighted by molar-refractivity contribution is -0.137. The molecule has 3 fully saturated rings. The third kappa shape index (κ3) is 8.11. The van der Waals surface area contributed by atoms with E-state index in [9.17, 15) is 14.4 Å². The van der Waals surface area contributed by atoms with Gasteiger partial charge in [0.25, 0.3) is 0 Å². The molecule has 0 aromatic carbocycles. The average Bonchev–Trinajstić information content (AvgIpc) is 3.29. The molecular formula is C41H49F4IN6O8. The fourth-order valence-electron chi connectivity index (χ4n) is 8.25. The Morgan fingerprint density at radius 3 is 2.02 bits per heavy atom. The predicted octanol–water partition coefficient (Wildman–Crippen LogP) is 9.29. The molecule has 14 nitrogen and oxygen atoms in total. The Hall–Kier alpha value is -4.27. The summed E-state index contributed by atoms with van der Waals surface area (Å²) in [4.78, 5) is 58.8. The van der Waals surface area contributed by atoms with Gasteiger partial charge in [-0.25, -0.2) is 33.7 Å². The third-order valence-electron chi connectivity index (χ3n) is 10.5. The number of fused-ring (bicyclic) bond motifs is 5. The number of carbonyl (C=O) groups is 3. The van der Waals surface area contributed by atoms with Crippen LogP contribution in [0.5, 0.6) is 5.88 Å². The van der Waals surface area contributed by atoms with Crippen LogP contribution in [0.2, 0.25) is 0 Å². The van der Waals surface area contributed by atoms with Crippen molar-refractivity contribution in [2.75, 3.05) is 29.6 Å². The van der Waals surface area contributed by atoms with E-state index in [4.69, 9.17) is 28.7 Å². The second-order valence-electron chi connectivity index (χ2n) is 18.6. The molecule has 60 heavy (non-hydrogen) atoms. The van der Waals surface area contributed by atoms with Crippen LogP contribution in [0.4, 0.5) is 43.6 Å². The molecule has 0 N–H and O–H groups in total. The van der Waals surface area contributed by atoms with E-state index in [2.05, 4.69) is 9.97 Å². The molecule has 3 amide bonds. The second kappa shape index (κ2) is 15.0. The summed E-state index contributed by atoms with van der Waals surface area (Å²) >= 11 is 1.95. The van der Waals surface area contributed by atoms with E-state index in [1.54, 1.807) is 74.1 Å². The van der Waals surface area contributed by atoms with Gasteiger partial charge in [-0.15, -0.1) is 0 Å². The lowest BCUT2D eigenvalue weighted by atomic mass is 9.96. The Labute approximate surface area is 358 Å². The summed E-state index contributed by atoms with van der Waals surface area (Å²) in [6, 6.07) is -0.434. The van der Waals surface area contributed by atoms with E-state index in [0.717, 1.165) is 13.0 Å². The van der Waals surface area contributed by atoms with E-state index in [0.29, 0.717) is 52.6 Å². The van der Waals surface area contributed by atoms with Crippen molar-refractivity contribution in [3.05, 3.63) is 32.4 Å². The molecule has 3 aromatic rings. The lowest BCUT2D eigenvalue weighted by Gasteiger charge is -2.48. The predicted molar refractivity (Wildman–Crippen MR) is 220 cm³/mol. The van der Waals surface area contributed by atoms with E-state index in [-0.39, 0.29) is 28.6 Å². The molecule has 2 bridgehead atoms. The first kappa shape index (κ1) is 43.8. The Bertz CT molecular complexity index is 2240. The zero-order chi connectivity index (χ0) is 44.2. The summed E-state index contributed by atoms with van der Waals surface area (Å²) in [5, 5.41) is 0.0883. The summed E-state index contributed by atoms with van der Waals surface area (Å²) in [6.45, 7) is 18.3. The normalized spacial score (nSPS) is 21.8. The summed E-state index contributed by atoms with van der Waals surface area (Å²) in [5.74, 6) is -1.82. The molecule has 3 saturated heterocycles. The van der Waals surface area contributed by atoms with E-state index >= 15 is 17.6 Å². The molecule has 7 heterocycles. The van der Waals surface area contributed by atoms with Gasteiger partial charge in [0.05, 0.1) is 53.7 Å². The van der Waals surface area contributed by atoms with Gasteiger partial charge in [-0.3, -0.25) is 4.90 Å². The van der Waals surface area contributed by atoms with Crippen molar-refractivity contribution < 1.29 is 55.6 Å². The molecule has 0 radical (unpaired) electrons. The molecule has 0 unspecified atom stereocenters. The Balaban J connectivity index is 1.47. The van der Waals surface area contributed by atoms with Crippen LogP contribution in [0.1, 0.15) is 105 Å². The van der Waals surface area contributed by atoms with Gasteiger partial charge in [0.1, 0.15) is 40.2 Å². The molecule has 0 saturated carbocycles. The van der Waals surface area contributed by atoms with Crippen molar-refractivity contribution in [1.82, 2.24) is 19.9 Å². The zero-order valence-electron chi connectivity index (χ0n) is 35.3. The van der Waals surface area contributed by atoms with Crippen LogP contribution in [0.25, 0.3) is 22.0 Å². The maximum Gasteiger partial charge on any atom is 0.425 e. The number of rotatable bonds is 3. The molecule has 4 atom stereocenters. The molecule has 0 spiro atoms. The van der Waals surface area contributed by atoms with Gasteiger partial charge in [0.2, 0.25) is 5.88 Å². The molecule has 7 rings (SSSR count). The number of amides is 3. The van der Waals surface area contributed by atoms with Crippen molar-refractivity contribution in [3.8, 4) is 17.1 Å². The lowest BCUT2D eigenvalue weighted by Crippen LogP contribution is -2.65. The van der Waals surface area contributed by atoms with Crippen LogP contribution in [0, 0.1) is 16.3 Å². The van der Waals surface area contributed by atoms with Crippen LogP contribution in [0.3, 0.4) is 0 Å². The number of carbonyl (C=O) groups excluding carboxylic acids is 3. The first-order valence-electron chi connectivity index (χ1n) is 19.8. The molecular weight excluding hydrogens is 907 g/mol. The number of hydrogen-bond acceptors (Lipinski definition) is 12. The number of pyridine rings is 3. The number of imide groups is 1. The summed E-state index contributed by atoms with van der Waals surface area (Å²) in [5.41, 5.74) is -6.16. The van der Waals surface area contributed by atoms with E-state index in [1.165, 1.54) is 0 Å². The van der Waals surface area contributed by atoms with Gasteiger partial charge >= 0.3 is 24.5 Å². The van der Waals surface area contributed by atoms with Gasteiger partial charge in [0.15, 0.2) is 5.82 Å². The Kier molecular flexibility index (Phi) is 10.9. The minimum atomic E-state index is -5.12. The standard InChI is InChI=1S/C41H49F4IN6O8/c1-18-27(41(43,44)45)22(14-24(47-18)52(36(54)59-39(6,7)8)37(55)60-40(9,10)11)31-28(42)25-26-33(48-30(29(25)46)20-16-56-17-20)50-15-21-12-13-23(32(50)19(2)57-34(26)49-31)51(21)35(53)58-38(3,4)5/h14,19-21,23,32H,12-13,15-17H2,1-11H3/t19-,21+,23-,32+/m0/s1. The highest BCUT2D eigenvalue weighted by molar-refractivity contribution is 14.1. The van der Waals surface area contributed by atoms with Crippen LogP contribution in [0.15, 0.2) is 6.07 Å². The summed E-state index contributed by atoms with van der Waals surface area (Å²) in [6.07, 6.45) is -7.62. The Morgan fingerprint density at radius 2 is 1.48 bits per heavy atom. The van der Waals surface area contributed by atoms with E-state index < -0.39 is 93.6 Å². The molecule has 4 aliphatic rings. The smallest absolute Gasteiger partial charge is 0.425 e. The topological polar surface area (TPSA) is 146 Å². The van der Waals surface area contributed by atoms with Crippen molar-refractivity contribution in [1.29, 1.82) is 0 Å². The highest BCUT2D eigenvalue weighted by Gasteiger charge is 2.54. The molecule has 3 aromatic heterocycles. The summed E-state index contributed by atoms with van der Waals surface area (Å²) in [7, 11) is 0. The van der Waals surface area contributed by atoms with Crippen molar-refractivity contribution >= 4 is 63.3 Å². The highest BCUT2D eigenvalue weighted by Crippen LogP contribution is 2.50. The quantitative estimate of drug-likeness (QED) is 0.140. The molecule has 326 valence electrons. The largest absolute Gasteiger partial charge is 0.472 e. The minimum Gasteiger partial charge on any atom is -0.472 e. The van der Waals surface area contributed by atoms with Crippen molar-refractivity contribution in [2.24, 2.45) is 0 Å². The minimum absolute atomic E-state index is 0.0717. The first-order chi connectivity index (χ1) is 27.6. The maximum absolute atomic E-state index is 17.8. The number of ether oxygens (including phenoxy) is 5. The number of piperazine rings is 1. The number of aryl methyl sites for hydroxylation is 1. The molecule has 0 aliphatic carbocycles. The number of anilines is 2. The highest BCUT2D eigenvalue weighted by atomic mass is 127. The average molecular weight is 957 g/mol. The fraction of sp³-hybridized carbons (Fsp3) is 0.610. The van der Waals surface area contributed by atoms with Crippen LogP contribution < -0.4 is 14.5 Å². The van der Waals surface area contributed by atoms with E-state index in [1.807, 2.05) is 27.5 Å². The fourth-order valence-corrected chi connectivity index (χ4v) is 9.32. The molecule has 4 aliphatic heterocycles. The van der Waals surface area contributed by atoms with Crippen LogP contribution in [-0.2, 0) is 25.1 Å². The number of nitrogens with zero attached hydrogens (tertiary/aromatic N) is 6. The first-order valence-corrected chi connectivity index (χ1v) is 20.8. The maximum atomic E-state index is 17.8. The van der Waals surface area contributed by atoms with Crippen LogP contribution in [-0.4, -0.2) is 98.9 Å². The van der Waals surface area contributed by atoms with Crippen molar-refractivity contribution in [3.63, 3.8) is 0 Å². The van der Waals surface area contributed by atoms with Gasteiger partial charge in [0, 0.05) is 27.0 Å². The van der Waals surface area contributed by atoms with Gasteiger partial charge in [-0.05, 0) is 118 Å². The van der Waals surface area contributed by atoms with Crippen molar-refractivity contribution in [2.45, 2.75) is 142 Å². The number of alkyl halides is 3. The molecule has 19 heteroatoms. The number of aromatic nitrogens is 3. The van der Waals surface area contributed by atoms with Gasteiger partial charge in [-0.1, -0.05) is 0 Å². The SMILES string of the molecule is Cc1nc(N(C(=O)OC(C)(C)C)C(=O)OC(C)(C)C)cc(-c2nc3c4c(nc(C5COC5)c(I)c4c2F)N2C[C@H]4CC[C@@H]([C@H]2[C@H](C)O3)N4C(=O)OC(C)(C)C)c1C(F)(F)F. The monoisotopic (exact) mass is 956 g/mol. The van der Waals surface area contributed by atoms with Crippen LogP contribution >= 0.6 is 22.6 Å². The van der Waals surface area contributed by atoms with Gasteiger partial charge in [-0.2, -0.15) is 18.1 Å².